The van der Waals surface area contributed by atoms with Crippen molar-refractivity contribution in [2.24, 2.45) is 4.99 Å². The summed E-state index contributed by atoms with van der Waals surface area (Å²) in [6, 6.07) is 6.28. The van der Waals surface area contributed by atoms with Crippen LogP contribution in [0.25, 0.3) is 0 Å². The van der Waals surface area contributed by atoms with Crippen LogP contribution in [-0.4, -0.2) is 48.1 Å². The van der Waals surface area contributed by atoms with E-state index in [2.05, 4.69) is 47.8 Å². The molecule has 0 amide bonds. The molecule has 0 aliphatic carbocycles. The summed E-state index contributed by atoms with van der Waals surface area (Å²) in [5.41, 5.74) is 3.43. The quantitative estimate of drug-likeness (QED) is 0.539. The lowest BCUT2D eigenvalue weighted by Crippen LogP contribution is -2.38. The molecule has 2 aromatic rings. The van der Waals surface area contributed by atoms with Crippen molar-refractivity contribution in [1.29, 1.82) is 0 Å². The highest BCUT2D eigenvalue weighted by Gasteiger charge is 2.18. The highest BCUT2D eigenvalue weighted by molar-refractivity contribution is 5.79. The Labute approximate surface area is 167 Å². The molecule has 1 aromatic carbocycles. The Kier molecular flexibility index (Phi) is 7.31. The van der Waals surface area contributed by atoms with Crippen LogP contribution in [0.15, 0.2) is 35.6 Å². The SMILES string of the molecule is CCNC(=NCc1ccc(C)cc1OC1CCOC1)NCCn1cc(C)cn1. The van der Waals surface area contributed by atoms with E-state index in [9.17, 15) is 0 Å². The van der Waals surface area contributed by atoms with E-state index in [0.29, 0.717) is 13.2 Å². The number of aryl methyl sites for hydroxylation is 2. The predicted octanol–water partition coefficient (Wildman–Crippen LogP) is 2.42. The summed E-state index contributed by atoms with van der Waals surface area (Å²) in [6.45, 7) is 10.5. The van der Waals surface area contributed by atoms with Gasteiger partial charge in [-0.05, 0) is 38.0 Å². The molecule has 1 aromatic heterocycles. The monoisotopic (exact) mass is 385 g/mol. The smallest absolute Gasteiger partial charge is 0.191 e. The maximum atomic E-state index is 6.17. The number of rotatable bonds is 8. The van der Waals surface area contributed by atoms with Gasteiger partial charge in [-0.2, -0.15) is 5.10 Å². The minimum atomic E-state index is 0.133. The molecule has 2 heterocycles. The molecule has 1 fully saturated rings. The second kappa shape index (κ2) is 10.1. The largest absolute Gasteiger partial charge is 0.488 e. The second-order valence-corrected chi connectivity index (χ2v) is 7.12. The van der Waals surface area contributed by atoms with Crippen LogP contribution in [0.5, 0.6) is 5.75 Å². The Morgan fingerprint density at radius 2 is 2.21 bits per heavy atom. The van der Waals surface area contributed by atoms with Gasteiger partial charge in [-0.15, -0.1) is 0 Å². The molecule has 1 atom stereocenters. The zero-order valence-corrected chi connectivity index (χ0v) is 17.1. The predicted molar refractivity (Wildman–Crippen MR) is 111 cm³/mol. The molecule has 28 heavy (non-hydrogen) atoms. The molecule has 0 saturated carbocycles. The average molecular weight is 386 g/mol. The number of hydrogen-bond donors (Lipinski definition) is 2. The molecule has 0 spiro atoms. The van der Waals surface area contributed by atoms with Crippen LogP contribution < -0.4 is 15.4 Å². The lowest BCUT2D eigenvalue weighted by atomic mass is 10.1. The van der Waals surface area contributed by atoms with Crippen LogP contribution in [0, 0.1) is 13.8 Å². The van der Waals surface area contributed by atoms with E-state index in [0.717, 1.165) is 49.9 Å². The van der Waals surface area contributed by atoms with Crippen molar-refractivity contribution in [2.75, 3.05) is 26.3 Å². The summed E-state index contributed by atoms with van der Waals surface area (Å²) in [5.74, 6) is 1.70. The molecule has 152 valence electrons. The molecule has 2 N–H and O–H groups in total. The van der Waals surface area contributed by atoms with Crippen LogP contribution in [0.4, 0.5) is 0 Å². The van der Waals surface area contributed by atoms with E-state index in [4.69, 9.17) is 14.5 Å². The summed E-state index contributed by atoms with van der Waals surface area (Å²) in [6.07, 6.45) is 4.98. The highest BCUT2D eigenvalue weighted by atomic mass is 16.5. The Bertz CT molecular complexity index is 781. The van der Waals surface area contributed by atoms with Gasteiger partial charge in [0.25, 0.3) is 0 Å². The van der Waals surface area contributed by atoms with Crippen molar-refractivity contribution in [3.63, 3.8) is 0 Å². The topological polar surface area (TPSA) is 72.7 Å². The minimum absolute atomic E-state index is 0.133. The number of benzene rings is 1. The van der Waals surface area contributed by atoms with Gasteiger partial charge in [0, 0.05) is 31.3 Å². The molecular weight excluding hydrogens is 354 g/mol. The first-order chi connectivity index (χ1) is 13.6. The molecule has 7 heteroatoms. The molecular formula is C21H31N5O2. The number of nitrogens with one attached hydrogen (secondary N) is 2. The summed E-state index contributed by atoms with van der Waals surface area (Å²) < 4.78 is 13.5. The molecule has 1 saturated heterocycles. The molecule has 1 unspecified atom stereocenters. The van der Waals surface area contributed by atoms with Crippen LogP contribution in [0.3, 0.4) is 0 Å². The van der Waals surface area contributed by atoms with Crippen molar-refractivity contribution in [3.8, 4) is 5.75 Å². The Hall–Kier alpha value is -2.54. The third kappa shape index (κ3) is 5.99. The number of aromatic nitrogens is 2. The fourth-order valence-electron chi connectivity index (χ4n) is 3.07. The van der Waals surface area contributed by atoms with Crippen molar-refractivity contribution >= 4 is 5.96 Å². The van der Waals surface area contributed by atoms with Crippen LogP contribution in [0.2, 0.25) is 0 Å². The van der Waals surface area contributed by atoms with E-state index in [-0.39, 0.29) is 6.10 Å². The molecule has 7 nitrogen and oxygen atoms in total. The number of nitrogens with zero attached hydrogens (tertiary/aromatic N) is 3. The minimum Gasteiger partial charge on any atom is -0.488 e. The maximum Gasteiger partial charge on any atom is 0.191 e. The van der Waals surface area contributed by atoms with E-state index >= 15 is 0 Å². The van der Waals surface area contributed by atoms with Gasteiger partial charge in [0.1, 0.15) is 11.9 Å². The van der Waals surface area contributed by atoms with Gasteiger partial charge in [0.2, 0.25) is 0 Å². The summed E-state index contributed by atoms with van der Waals surface area (Å²) in [5, 5.41) is 11.0. The van der Waals surface area contributed by atoms with Crippen molar-refractivity contribution in [1.82, 2.24) is 20.4 Å². The first-order valence-corrected chi connectivity index (χ1v) is 9.99. The number of guanidine groups is 1. The van der Waals surface area contributed by atoms with Gasteiger partial charge in [-0.3, -0.25) is 4.68 Å². The molecule has 0 bridgehead atoms. The first-order valence-electron chi connectivity index (χ1n) is 9.99. The zero-order valence-electron chi connectivity index (χ0n) is 17.1. The van der Waals surface area contributed by atoms with Crippen molar-refractivity contribution < 1.29 is 9.47 Å². The summed E-state index contributed by atoms with van der Waals surface area (Å²) in [7, 11) is 0. The van der Waals surface area contributed by atoms with Crippen LogP contribution >= 0.6 is 0 Å². The third-order valence-corrected chi connectivity index (χ3v) is 4.55. The van der Waals surface area contributed by atoms with Gasteiger partial charge in [0.05, 0.1) is 32.5 Å². The van der Waals surface area contributed by atoms with E-state index < -0.39 is 0 Å². The third-order valence-electron chi connectivity index (χ3n) is 4.55. The Morgan fingerprint density at radius 3 is 2.93 bits per heavy atom. The summed E-state index contributed by atoms with van der Waals surface area (Å²) in [4.78, 5) is 4.74. The standard InChI is InChI=1S/C21H31N5O2/c1-4-22-21(23-8-9-26-14-17(3)12-25-26)24-13-18-6-5-16(2)11-20(18)28-19-7-10-27-15-19/h5-6,11-12,14,19H,4,7-10,13,15H2,1-3H3,(H2,22,23,24). The van der Waals surface area contributed by atoms with Gasteiger partial charge in [-0.25, -0.2) is 4.99 Å². The lowest BCUT2D eigenvalue weighted by Gasteiger charge is -2.16. The van der Waals surface area contributed by atoms with Crippen LogP contribution in [-0.2, 0) is 17.8 Å². The molecule has 1 aliphatic rings. The summed E-state index contributed by atoms with van der Waals surface area (Å²) >= 11 is 0. The molecule has 3 rings (SSSR count). The molecule has 0 radical (unpaired) electrons. The normalized spacial score (nSPS) is 17.0. The van der Waals surface area contributed by atoms with Gasteiger partial charge >= 0.3 is 0 Å². The highest BCUT2D eigenvalue weighted by Crippen LogP contribution is 2.24. The fourth-order valence-corrected chi connectivity index (χ4v) is 3.07. The van der Waals surface area contributed by atoms with Crippen molar-refractivity contribution in [3.05, 3.63) is 47.3 Å². The van der Waals surface area contributed by atoms with Gasteiger partial charge in [-0.1, -0.05) is 12.1 Å². The van der Waals surface area contributed by atoms with Crippen molar-refractivity contribution in [2.45, 2.75) is 46.4 Å². The Morgan fingerprint density at radius 1 is 1.32 bits per heavy atom. The average Bonchev–Trinajstić information content (AvgIpc) is 3.32. The van der Waals surface area contributed by atoms with E-state index in [1.165, 1.54) is 11.1 Å². The fraction of sp³-hybridized carbons (Fsp3) is 0.524. The van der Waals surface area contributed by atoms with Crippen LogP contribution in [0.1, 0.15) is 30.0 Å². The number of hydrogen-bond acceptors (Lipinski definition) is 4. The Balaban J connectivity index is 1.61. The van der Waals surface area contributed by atoms with Gasteiger partial charge < -0.3 is 20.1 Å². The number of aliphatic imine (C=N–C) groups is 1. The lowest BCUT2D eigenvalue weighted by molar-refractivity contribution is 0.140. The van der Waals surface area contributed by atoms with E-state index in [1.807, 2.05) is 24.0 Å². The second-order valence-electron chi connectivity index (χ2n) is 7.12. The maximum absolute atomic E-state index is 6.17. The first kappa shape index (κ1) is 20.2. The zero-order chi connectivity index (χ0) is 19.8. The molecule has 1 aliphatic heterocycles. The number of ether oxygens (including phenoxy) is 2. The van der Waals surface area contributed by atoms with E-state index in [1.54, 1.807) is 0 Å². The van der Waals surface area contributed by atoms with Gasteiger partial charge in [0.15, 0.2) is 5.96 Å².